The van der Waals surface area contributed by atoms with Crippen molar-refractivity contribution in [2.24, 2.45) is 5.84 Å². The third kappa shape index (κ3) is 1.30. The molecule has 2 rings (SSSR count). The van der Waals surface area contributed by atoms with Crippen LogP contribution in [-0.4, -0.2) is 10.9 Å². The first-order chi connectivity index (χ1) is 6.72. The highest BCUT2D eigenvalue weighted by molar-refractivity contribution is 7.17. The Bertz CT molecular complexity index is 543. The molecule has 14 heavy (non-hydrogen) atoms. The largest absolute Gasteiger partial charge is 0.317 e. The second-order valence-electron chi connectivity index (χ2n) is 2.68. The van der Waals surface area contributed by atoms with E-state index in [2.05, 4.69) is 4.98 Å². The van der Waals surface area contributed by atoms with Gasteiger partial charge in [0.1, 0.15) is 5.69 Å². The number of hydrazine groups is 1. The summed E-state index contributed by atoms with van der Waals surface area (Å²) >= 11 is 1.40. The molecule has 0 unspecified atom stereocenters. The molecule has 72 valence electrons. The smallest absolute Gasteiger partial charge is 0.281 e. The first-order valence-corrected chi connectivity index (χ1v) is 4.72. The van der Waals surface area contributed by atoms with Crippen LogP contribution in [-0.2, 0) is 0 Å². The summed E-state index contributed by atoms with van der Waals surface area (Å²) in [6, 6.07) is 3.31. The topological polar surface area (TPSA) is 88.0 Å². The Hall–Kier alpha value is -1.66. The van der Waals surface area contributed by atoms with E-state index >= 15 is 0 Å². The zero-order valence-electron chi connectivity index (χ0n) is 7.03. The lowest BCUT2D eigenvalue weighted by Crippen LogP contribution is -2.31. The number of nitrogen functional groups attached to an aromatic ring is 1. The summed E-state index contributed by atoms with van der Waals surface area (Å²) < 4.78 is 0.771. The van der Waals surface area contributed by atoms with E-state index in [1.807, 2.05) is 5.43 Å². The van der Waals surface area contributed by atoms with Gasteiger partial charge in [0.2, 0.25) is 0 Å². The fourth-order valence-corrected chi connectivity index (χ4v) is 2.00. The molecule has 2 heterocycles. The predicted molar refractivity (Wildman–Crippen MR) is 54.1 cm³/mol. The average Bonchev–Trinajstić information content (AvgIpc) is 2.64. The number of pyridine rings is 1. The molecule has 0 atom stereocenters. The maximum atomic E-state index is 11.4. The summed E-state index contributed by atoms with van der Waals surface area (Å²) in [7, 11) is 0. The standard InChI is InChI=1S/C8H7N3O2S/c9-11-8(13)5-3-6-4(1-2-14-6)7(12)10-5/h1-3H,9H2,(H,10,12)(H,11,13). The molecule has 2 aromatic heterocycles. The van der Waals surface area contributed by atoms with Gasteiger partial charge in [-0.1, -0.05) is 0 Å². The van der Waals surface area contributed by atoms with Crippen LogP contribution < -0.4 is 16.8 Å². The Morgan fingerprint density at radius 3 is 3.07 bits per heavy atom. The Balaban J connectivity index is 2.70. The fourth-order valence-electron chi connectivity index (χ4n) is 1.18. The SMILES string of the molecule is NNC(=O)c1cc2sccc2c(=O)[nH]1. The third-order valence-electron chi connectivity index (χ3n) is 1.84. The van der Waals surface area contributed by atoms with Gasteiger partial charge in [-0.2, -0.15) is 0 Å². The van der Waals surface area contributed by atoms with Crippen LogP contribution in [0.4, 0.5) is 0 Å². The van der Waals surface area contributed by atoms with Crippen LogP contribution in [0.15, 0.2) is 22.3 Å². The molecule has 0 saturated heterocycles. The van der Waals surface area contributed by atoms with Crippen LogP contribution in [0.2, 0.25) is 0 Å². The van der Waals surface area contributed by atoms with E-state index in [1.165, 1.54) is 11.3 Å². The molecule has 0 aliphatic rings. The number of carbonyl (C=O) groups is 1. The first-order valence-electron chi connectivity index (χ1n) is 3.84. The number of amides is 1. The molecule has 2 aromatic rings. The molecule has 0 aliphatic carbocycles. The number of nitrogens with two attached hydrogens (primary N) is 1. The van der Waals surface area contributed by atoms with Gasteiger partial charge in [-0.15, -0.1) is 11.3 Å². The highest BCUT2D eigenvalue weighted by Crippen LogP contribution is 2.17. The minimum atomic E-state index is -0.502. The zero-order chi connectivity index (χ0) is 10.1. The highest BCUT2D eigenvalue weighted by atomic mass is 32.1. The van der Waals surface area contributed by atoms with Crippen molar-refractivity contribution in [2.75, 3.05) is 0 Å². The van der Waals surface area contributed by atoms with Crippen LogP contribution in [0, 0.1) is 0 Å². The van der Waals surface area contributed by atoms with E-state index in [-0.39, 0.29) is 11.3 Å². The maximum Gasteiger partial charge on any atom is 0.281 e. The van der Waals surface area contributed by atoms with E-state index in [0.29, 0.717) is 5.39 Å². The third-order valence-corrected chi connectivity index (χ3v) is 2.70. The average molecular weight is 209 g/mol. The van der Waals surface area contributed by atoms with Crippen molar-refractivity contribution >= 4 is 27.3 Å². The molecule has 4 N–H and O–H groups in total. The maximum absolute atomic E-state index is 11.4. The summed E-state index contributed by atoms with van der Waals surface area (Å²) in [5, 5.41) is 2.38. The zero-order valence-corrected chi connectivity index (χ0v) is 7.85. The van der Waals surface area contributed by atoms with Crippen molar-refractivity contribution < 1.29 is 4.79 Å². The molecule has 0 saturated carbocycles. The molecule has 0 radical (unpaired) electrons. The predicted octanol–water partition coefficient (Wildman–Crippen LogP) is 0.193. The van der Waals surface area contributed by atoms with Crippen molar-refractivity contribution in [3.05, 3.63) is 33.6 Å². The molecular weight excluding hydrogens is 202 g/mol. The Morgan fingerprint density at radius 1 is 1.57 bits per heavy atom. The summed E-state index contributed by atoms with van der Waals surface area (Å²) in [4.78, 5) is 25.0. The molecular formula is C8H7N3O2S. The summed E-state index contributed by atoms with van der Waals surface area (Å²) in [6.07, 6.45) is 0. The molecule has 0 bridgehead atoms. The van der Waals surface area contributed by atoms with Crippen LogP contribution in [0.1, 0.15) is 10.5 Å². The van der Waals surface area contributed by atoms with Gasteiger partial charge in [-0.25, -0.2) is 5.84 Å². The van der Waals surface area contributed by atoms with Gasteiger partial charge in [0.05, 0.1) is 5.39 Å². The van der Waals surface area contributed by atoms with Crippen molar-refractivity contribution in [1.82, 2.24) is 10.4 Å². The lowest BCUT2D eigenvalue weighted by molar-refractivity contribution is 0.0948. The monoisotopic (exact) mass is 209 g/mol. The van der Waals surface area contributed by atoms with E-state index in [1.54, 1.807) is 17.5 Å². The molecule has 0 spiro atoms. The van der Waals surface area contributed by atoms with Crippen molar-refractivity contribution in [1.29, 1.82) is 0 Å². The second-order valence-corrected chi connectivity index (χ2v) is 3.63. The van der Waals surface area contributed by atoms with Crippen molar-refractivity contribution in [2.45, 2.75) is 0 Å². The Labute approximate surface area is 82.5 Å². The number of rotatable bonds is 1. The number of fused-ring (bicyclic) bond motifs is 1. The number of hydrogen-bond donors (Lipinski definition) is 3. The van der Waals surface area contributed by atoms with Crippen LogP contribution >= 0.6 is 11.3 Å². The molecule has 1 amide bonds. The van der Waals surface area contributed by atoms with E-state index < -0.39 is 5.91 Å². The number of nitrogens with one attached hydrogen (secondary N) is 2. The number of thiophene rings is 1. The van der Waals surface area contributed by atoms with Gasteiger partial charge < -0.3 is 4.98 Å². The van der Waals surface area contributed by atoms with E-state index in [4.69, 9.17) is 5.84 Å². The normalized spacial score (nSPS) is 10.4. The molecule has 0 aliphatic heterocycles. The quantitative estimate of drug-likeness (QED) is 0.356. The number of aromatic nitrogens is 1. The van der Waals surface area contributed by atoms with Gasteiger partial charge >= 0.3 is 0 Å². The molecule has 6 heteroatoms. The van der Waals surface area contributed by atoms with E-state index in [0.717, 1.165) is 4.70 Å². The minimum Gasteiger partial charge on any atom is -0.317 e. The second kappa shape index (κ2) is 3.24. The van der Waals surface area contributed by atoms with Crippen LogP contribution in [0.3, 0.4) is 0 Å². The molecule has 0 fully saturated rings. The lowest BCUT2D eigenvalue weighted by atomic mass is 10.3. The van der Waals surface area contributed by atoms with Gasteiger partial charge in [0.25, 0.3) is 11.5 Å². The molecule has 0 aromatic carbocycles. The number of aromatic amines is 1. The number of H-pyrrole nitrogens is 1. The summed E-state index contributed by atoms with van der Waals surface area (Å²) in [5.74, 6) is 4.45. The van der Waals surface area contributed by atoms with Crippen LogP contribution in [0.5, 0.6) is 0 Å². The summed E-state index contributed by atoms with van der Waals surface area (Å²) in [6.45, 7) is 0. The Kier molecular flexibility index (Phi) is 2.06. The minimum absolute atomic E-state index is 0.174. The van der Waals surface area contributed by atoms with Gasteiger partial charge in [0, 0.05) is 4.70 Å². The summed E-state index contributed by atoms with van der Waals surface area (Å²) in [5.41, 5.74) is 1.86. The lowest BCUT2D eigenvalue weighted by Gasteiger charge is -1.98. The fraction of sp³-hybridized carbons (Fsp3) is 0. The number of carbonyl (C=O) groups excluding carboxylic acids is 1. The molecule has 5 nitrogen and oxygen atoms in total. The van der Waals surface area contributed by atoms with Crippen molar-refractivity contribution in [3.8, 4) is 0 Å². The van der Waals surface area contributed by atoms with Gasteiger partial charge in [-0.3, -0.25) is 15.0 Å². The first kappa shape index (κ1) is 8.92. The Morgan fingerprint density at radius 2 is 2.36 bits per heavy atom. The van der Waals surface area contributed by atoms with Crippen LogP contribution in [0.25, 0.3) is 10.1 Å². The van der Waals surface area contributed by atoms with Gasteiger partial charge in [-0.05, 0) is 17.5 Å². The van der Waals surface area contributed by atoms with E-state index in [9.17, 15) is 9.59 Å². The van der Waals surface area contributed by atoms with Crippen molar-refractivity contribution in [3.63, 3.8) is 0 Å². The highest BCUT2D eigenvalue weighted by Gasteiger charge is 2.08. The van der Waals surface area contributed by atoms with Gasteiger partial charge in [0.15, 0.2) is 0 Å². The number of hydrogen-bond acceptors (Lipinski definition) is 4.